The van der Waals surface area contributed by atoms with E-state index in [1.807, 2.05) is 48.5 Å². The van der Waals surface area contributed by atoms with Gasteiger partial charge in [-0.3, -0.25) is 4.21 Å². The molecule has 0 aliphatic carbocycles. The number of ether oxygens (including phenoxy) is 1. The first kappa shape index (κ1) is 17.7. The largest absolute Gasteiger partial charge is 0.491 e. The summed E-state index contributed by atoms with van der Waals surface area (Å²) >= 11 is 0. The van der Waals surface area contributed by atoms with Crippen molar-refractivity contribution < 1.29 is 14.1 Å². The second kappa shape index (κ2) is 8.82. The minimum absolute atomic E-state index is 0.00329. The van der Waals surface area contributed by atoms with Crippen molar-refractivity contribution in [3.05, 3.63) is 59.7 Å². The third-order valence-electron chi connectivity index (χ3n) is 3.63. The van der Waals surface area contributed by atoms with Crippen LogP contribution in [0.3, 0.4) is 0 Å². The Labute approximate surface area is 140 Å². The molecule has 2 atom stereocenters. The smallest absolute Gasteiger partial charge is 0.123 e. The summed E-state index contributed by atoms with van der Waals surface area (Å²) in [7, 11) is -0.948. The Balaban J connectivity index is 1.98. The van der Waals surface area contributed by atoms with Gasteiger partial charge >= 0.3 is 0 Å². The molecule has 0 aliphatic heterocycles. The fraction of sp³-hybridized carbons (Fsp3) is 0.333. The van der Waals surface area contributed by atoms with Gasteiger partial charge in [0.1, 0.15) is 12.4 Å². The maximum absolute atomic E-state index is 11.4. The molecule has 0 spiro atoms. The molecule has 2 aromatic carbocycles. The van der Waals surface area contributed by atoms with E-state index in [4.69, 9.17) is 9.84 Å². The highest BCUT2D eigenvalue weighted by molar-refractivity contribution is 7.84. The molecule has 2 unspecified atom stereocenters. The summed E-state index contributed by atoms with van der Waals surface area (Å²) in [6.45, 7) is 3.06. The van der Waals surface area contributed by atoms with Gasteiger partial charge in [-0.05, 0) is 30.7 Å². The topological polar surface area (TPSA) is 58.6 Å². The van der Waals surface area contributed by atoms with Gasteiger partial charge in [0.15, 0.2) is 0 Å². The molecule has 0 fully saturated rings. The van der Waals surface area contributed by atoms with Gasteiger partial charge in [0.05, 0.1) is 6.61 Å². The Morgan fingerprint density at radius 2 is 1.87 bits per heavy atom. The third kappa shape index (κ3) is 5.16. The standard InChI is InChI=1S/C18H23NO3S/c1-14(15-7-9-17(10-8-15)23(2)21)19-13-16-5-3-4-6-18(16)22-12-11-20/h3-10,14,19-20H,11-13H2,1-2H3. The Morgan fingerprint density at radius 3 is 2.52 bits per heavy atom. The first-order chi connectivity index (χ1) is 11.1. The molecule has 0 bridgehead atoms. The summed E-state index contributed by atoms with van der Waals surface area (Å²) in [5, 5.41) is 12.3. The zero-order chi connectivity index (χ0) is 16.7. The van der Waals surface area contributed by atoms with E-state index < -0.39 is 10.8 Å². The predicted octanol–water partition coefficient (Wildman–Crippen LogP) is 2.65. The molecule has 124 valence electrons. The SMILES string of the molecule is CC(NCc1ccccc1OCCO)c1ccc(S(C)=O)cc1. The van der Waals surface area contributed by atoms with E-state index in [-0.39, 0.29) is 12.6 Å². The Morgan fingerprint density at radius 1 is 1.17 bits per heavy atom. The van der Waals surface area contributed by atoms with Crippen LogP contribution in [0.15, 0.2) is 53.4 Å². The lowest BCUT2D eigenvalue weighted by Crippen LogP contribution is -2.18. The maximum atomic E-state index is 11.4. The van der Waals surface area contributed by atoms with Gasteiger partial charge in [0.25, 0.3) is 0 Å². The number of para-hydroxylation sites is 1. The average Bonchev–Trinajstić information content (AvgIpc) is 2.58. The van der Waals surface area contributed by atoms with Crippen molar-refractivity contribution in [3.8, 4) is 5.75 Å². The van der Waals surface area contributed by atoms with E-state index >= 15 is 0 Å². The average molecular weight is 333 g/mol. The Kier molecular flexibility index (Phi) is 6.77. The molecule has 0 aromatic heterocycles. The van der Waals surface area contributed by atoms with Crippen LogP contribution in [0.2, 0.25) is 0 Å². The van der Waals surface area contributed by atoms with Crippen LogP contribution < -0.4 is 10.1 Å². The second-order valence-corrected chi connectivity index (χ2v) is 6.69. The molecule has 0 aliphatic rings. The maximum Gasteiger partial charge on any atom is 0.123 e. The molecule has 0 heterocycles. The molecule has 4 nitrogen and oxygen atoms in total. The van der Waals surface area contributed by atoms with Crippen molar-refractivity contribution in [3.63, 3.8) is 0 Å². The van der Waals surface area contributed by atoms with Gasteiger partial charge in [0, 0.05) is 40.1 Å². The summed E-state index contributed by atoms with van der Waals surface area (Å²) in [5.41, 5.74) is 2.20. The van der Waals surface area contributed by atoms with Crippen molar-refractivity contribution in [2.45, 2.75) is 24.4 Å². The number of nitrogens with one attached hydrogen (secondary N) is 1. The van der Waals surface area contributed by atoms with Gasteiger partial charge in [-0.15, -0.1) is 0 Å². The van der Waals surface area contributed by atoms with Crippen molar-refractivity contribution in [1.29, 1.82) is 0 Å². The molecule has 2 aromatic rings. The van der Waals surface area contributed by atoms with Gasteiger partial charge in [0.2, 0.25) is 0 Å². The first-order valence-electron chi connectivity index (χ1n) is 7.60. The number of hydrogen-bond acceptors (Lipinski definition) is 4. The minimum Gasteiger partial charge on any atom is -0.491 e. The molecule has 0 amide bonds. The van der Waals surface area contributed by atoms with Gasteiger partial charge in [-0.25, -0.2) is 0 Å². The van der Waals surface area contributed by atoms with Crippen molar-refractivity contribution in [2.75, 3.05) is 19.5 Å². The molecule has 0 saturated carbocycles. The highest BCUT2D eigenvalue weighted by Gasteiger charge is 2.08. The molecular formula is C18H23NO3S. The normalized spacial score (nSPS) is 13.5. The Hall–Kier alpha value is -1.69. The minimum atomic E-state index is -0.948. The lowest BCUT2D eigenvalue weighted by Gasteiger charge is -2.16. The number of hydrogen-bond donors (Lipinski definition) is 2. The van der Waals surface area contributed by atoms with Crippen LogP contribution in [-0.2, 0) is 17.3 Å². The zero-order valence-corrected chi connectivity index (χ0v) is 14.3. The van der Waals surface area contributed by atoms with Crippen LogP contribution in [0.5, 0.6) is 5.75 Å². The first-order valence-corrected chi connectivity index (χ1v) is 9.16. The van der Waals surface area contributed by atoms with Crippen molar-refractivity contribution in [2.24, 2.45) is 0 Å². The van der Waals surface area contributed by atoms with E-state index in [0.29, 0.717) is 13.2 Å². The highest BCUT2D eigenvalue weighted by atomic mass is 32.2. The van der Waals surface area contributed by atoms with Crippen LogP contribution in [0, 0.1) is 0 Å². The molecular weight excluding hydrogens is 310 g/mol. The summed E-state index contributed by atoms with van der Waals surface area (Å²) in [4.78, 5) is 0.837. The summed E-state index contributed by atoms with van der Waals surface area (Å²) in [6, 6.07) is 15.8. The monoisotopic (exact) mass is 333 g/mol. The van der Waals surface area contributed by atoms with E-state index in [2.05, 4.69) is 12.2 Å². The molecule has 2 rings (SSSR count). The fourth-order valence-electron chi connectivity index (χ4n) is 2.28. The van der Waals surface area contributed by atoms with Crippen LogP contribution in [-0.4, -0.2) is 28.8 Å². The van der Waals surface area contributed by atoms with Crippen LogP contribution in [0.1, 0.15) is 24.1 Å². The zero-order valence-electron chi connectivity index (χ0n) is 13.5. The molecule has 0 saturated heterocycles. The summed E-state index contributed by atoms with van der Waals surface area (Å²) in [6.07, 6.45) is 1.68. The molecule has 5 heteroatoms. The molecule has 2 N–H and O–H groups in total. The van der Waals surface area contributed by atoms with E-state index in [1.165, 1.54) is 0 Å². The second-order valence-electron chi connectivity index (χ2n) is 5.31. The lowest BCUT2D eigenvalue weighted by molar-refractivity contribution is 0.200. The Bertz CT molecular complexity index is 643. The van der Waals surface area contributed by atoms with Crippen LogP contribution in [0.25, 0.3) is 0 Å². The summed E-state index contributed by atoms with van der Waals surface area (Å²) in [5.74, 6) is 0.790. The van der Waals surface area contributed by atoms with Crippen molar-refractivity contribution >= 4 is 10.8 Å². The number of rotatable bonds is 8. The number of aliphatic hydroxyl groups is 1. The van der Waals surface area contributed by atoms with E-state index in [0.717, 1.165) is 21.8 Å². The van der Waals surface area contributed by atoms with Crippen LogP contribution in [0.4, 0.5) is 0 Å². The lowest BCUT2D eigenvalue weighted by atomic mass is 10.1. The quantitative estimate of drug-likeness (QED) is 0.780. The van der Waals surface area contributed by atoms with E-state index in [9.17, 15) is 4.21 Å². The third-order valence-corrected chi connectivity index (χ3v) is 4.57. The molecule has 0 radical (unpaired) electrons. The van der Waals surface area contributed by atoms with Crippen molar-refractivity contribution in [1.82, 2.24) is 5.32 Å². The summed E-state index contributed by atoms with van der Waals surface area (Å²) < 4.78 is 17.0. The van der Waals surface area contributed by atoms with Crippen LogP contribution >= 0.6 is 0 Å². The highest BCUT2D eigenvalue weighted by Crippen LogP contribution is 2.20. The van der Waals surface area contributed by atoms with Gasteiger partial charge in [-0.1, -0.05) is 30.3 Å². The predicted molar refractivity (Wildman–Crippen MR) is 93.1 cm³/mol. The van der Waals surface area contributed by atoms with Gasteiger partial charge < -0.3 is 15.2 Å². The number of benzene rings is 2. The molecule has 23 heavy (non-hydrogen) atoms. The van der Waals surface area contributed by atoms with E-state index in [1.54, 1.807) is 6.26 Å². The number of aliphatic hydroxyl groups excluding tert-OH is 1. The fourth-order valence-corrected chi connectivity index (χ4v) is 2.79. The van der Waals surface area contributed by atoms with Gasteiger partial charge in [-0.2, -0.15) is 0 Å².